The van der Waals surface area contributed by atoms with E-state index < -0.39 is 0 Å². The Hall–Kier alpha value is -2.43. The van der Waals surface area contributed by atoms with E-state index in [0.29, 0.717) is 12.5 Å². The van der Waals surface area contributed by atoms with E-state index in [2.05, 4.69) is 41.9 Å². The SMILES string of the molecule is C=N/C(NC1(C)CC1)=C(\CC)C(C(=O)N1CCC(c2ccccn2)C1)=C(C)C. The molecule has 1 aromatic rings. The zero-order chi connectivity index (χ0) is 20.3. The number of nitrogens with one attached hydrogen (secondary N) is 1. The molecular formula is C23H32N4O. The molecule has 2 aliphatic rings. The van der Waals surface area contributed by atoms with Gasteiger partial charge in [0.15, 0.2) is 0 Å². The lowest BCUT2D eigenvalue weighted by Crippen LogP contribution is -2.33. The maximum absolute atomic E-state index is 13.5. The lowest BCUT2D eigenvalue weighted by molar-refractivity contribution is -0.126. The molecule has 1 saturated carbocycles. The van der Waals surface area contributed by atoms with Gasteiger partial charge in [-0.05, 0) is 65.3 Å². The Morgan fingerprint density at radius 3 is 2.68 bits per heavy atom. The van der Waals surface area contributed by atoms with Gasteiger partial charge in [0.25, 0.3) is 5.91 Å². The average Bonchev–Trinajstić information content (AvgIpc) is 3.21. The van der Waals surface area contributed by atoms with Gasteiger partial charge in [0.2, 0.25) is 0 Å². The highest BCUT2D eigenvalue weighted by molar-refractivity contribution is 5.99. The van der Waals surface area contributed by atoms with Crippen LogP contribution in [0.2, 0.25) is 0 Å². The monoisotopic (exact) mass is 380 g/mol. The van der Waals surface area contributed by atoms with E-state index in [1.54, 1.807) is 0 Å². The van der Waals surface area contributed by atoms with Crippen LogP contribution in [0.25, 0.3) is 0 Å². The number of amides is 1. The number of aromatic nitrogens is 1. The van der Waals surface area contributed by atoms with Gasteiger partial charge in [0.05, 0.1) is 0 Å². The Bertz CT molecular complexity index is 801. The highest BCUT2D eigenvalue weighted by Gasteiger charge is 2.39. The number of likely N-dealkylation sites (tertiary alicyclic amines) is 1. The lowest BCUT2D eigenvalue weighted by Gasteiger charge is -2.24. The zero-order valence-electron chi connectivity index (χ0n) is 17.6. The largest absolute Gasteiger partial charge is 0.365 e. The number of hydrogen-bond donors (Lipinski definition) is 1. The van der Waals surface area contributed by atoms with E-state index >= 15 is 0 Å². The van der Waals surface area contributed by atoms with Crippen molar-refractivity contribution in [3.05, 3.63) is 52.6 Å². The molecule has 1 N–H and O–H groups in total. The number of pyridine rings is 1. The van der Waals surface area contributed by atoms with Crippen LogP contribution in [0.1, 0.15) is 65.0 Å². The van der Waals surface area contributed by atoms with E-state index in [9.17, 15) is 4.79 Å². The van der Waals surface area contributed by atoms with Crippen LogP contribution in [0.5, 0.6) is 0 Å². The molecule has 1 aliphatic carbocycles. The summed E-state index contributed by atoms with van der Waals surface area (Å²) in [6.45, 7) is 13.5. The van der Waals surface area contributed by atoms with Crippen molar-refractivity contribution in [2.45, 2.75) is 64.8 Å². The molecular weight excluding hydrogens is 348 g/mol. The summed E-state index contributed by atoms with van der Waals surface area (Å²) in [7, 11) is 0. The summed E-state index contributed by atoms with van der Waals surface area (Å²) in [5.74, 6) is 1.16. The third kappa shape index (κ3) is 4.34. The molecule has 0 spiro atoms. The second kappa shape index (κ2) is 8.29. The summed E-state index contributed by atoms with van der Waals surface area (Å²) in [6.07, 6.45) is 5.76. The van der Waals surface area contributed by atoms with Crippen molar-refractivity contribution in [2.75, 3.05) is 13.1 Å². The lowest BCUT2D eigenvalue weighted by atomic mass is 9.97. The molecule has 2 heterocycles. The van der Waals surface area contributed by atoms with Crippen LogP contribution in [-0.4, -0.2) is 41.1 Å². The van der Waals surface area contributed by atoms with Crippen LogP contribution in [0.15, 0.2) is 51.9 Å². The fourth-order valence-corrected chi connectivity index (χ4v) is 3.88. The van der Waals surface area contributed by atoms with Crippen LogP contribution < -0.4 is 5.32 Å². The molecule has 0 aromatic carbocycles. The van der Waals surface area contributed by atoms with Gasteiger partial charge in [-0.1, -0.05) is 18.6 Å². The number of aliphatic imine (C=N–C) groups is 1. The van der Waals surface area contributed by atoms with Crippen molar-refractivity contribution in [3.63, 3.8) is 0 Å². The number of rotatable bonds is 7. The molecule has 1 aromatic heterocycles. The first-order chi connectivity index (χ1) is 13.4. The minimum absolute atomic E-state index is 0.0878. The van der Waals surface area contributed by atoms with Crippen LogP contribution in [0.4, 0.5) is 0 Å². The molecule has 3 rings (SSSR count). The Morgan fingerprint density at radius 1 is 1.39 bits per heavy atom. The maximum Gasteiger partial charge on any atom is 0.254 e. The summed E-state index contributed by atoms with van der Waals surface area (Å²) in [5, 5.41) is 3.52. The molecule has 0 radical (unpaired) electrons. The van der Waals surface area contributed by atoms with Crippen molar-refractivity contribution in [1.82, 2.24) is 15.2 Å². The summed E-state index contributed by atoms with van der Waals surface area (Å²) in [6, 6.07) is 5.99. The van der Waals surface area contributed by atoms with Crippen molar-refractivity contribution in [2.24, 2.45) is 4.99 Å². The minimum atomic E-state index is 0.0878. The van der Waals surface area contributed by atoms with Gasteiger partial charge in [-0.3, -0.25) is 9.78 Å². The maximum atomic E-state index is 13.5. The molecule has 1 unspecified atom stereocenters. The Labute approximate surface area is 168 Å². The summed E-state index contributed by atoms with van der Waals surface area (Å²) >= 11 is 0. The Morgan fingerprint density at radius 2 is 2.14 bits per heavy atom. The first-order valence-corrected chi connectivity index (χ1v) is 10.2. The van der Waals surface area contributed by atoms with E-state index in [-0.39, 0.29) is 11.4 Å². The predicted octanol–water partition coefficient (Wildman–Crippen LogP) is 4.20. The first kappa shape index (κ1) is 20.3. The number of carbonyl (C=O) groups excluding carboxylic acids is 1. The number of hydrogen-bond acceptors (Lipinski definition) is 4. The third-order valence-corrected chi connectivity index (χ3v) is 5.81. The second-order valence-corrected chi connectivity index (χ2v) is 8.39. The quantitative estimate of drug-likeness (QED) is 0.438. The van der Waals surface area contributed by atoms with Crippen LogP contribution in [0, 0.1) is 0 Å². The zero-order valence-corrected chi connectivity index (χ0v) is 17.6. The minimum Gasteiger partial charge on any atom is -0.365 e. The van der Waals surface area contributed by atoms with Gasteiger partial charge in [0, 0.05) is 47.6 Å². The fraction of sp³-hybridized carbons (Fsp3) is 0.522. The second-order valence-electron chi connectivity index (χ2n) is 8.39. The summed E-state index contributed by atoms with van der Waals surface area (Å²) in [4.78, 5) is 24.2. The number of allylic oxidation sites excluding steroid dienone is 1. The Kier molecular flexibility index (Phi) is 6.01. The molecule has 1 aliphatic heterocycles. The van der Waals surface area contributed by atoms with Crippen LogP contribution in [-0.2, 0) is 4.79 Å². The Balaban J connectivity index is 1.84. The molecule has 0 bridgehead atoms. The predicted molar refractivity (Wildman–Crippen MR) is 114 cm³/mol. The van der Waals surface area contributed by atoms with E-state index in [4.69, 9.17) is 0 Å². The van der Waals surface area contributed by atoms with Crippen LogP contribution >= 0.6 is 0 Å². The molecule has 5 heteroatoms. The van der Waals surface area contributed by atoms with Crippen molar-refractivity contribution >= 4 is 12.6 Å². The summed E-state index contributed by atoms with van der Waals surface area (Å²) < 4.78 is 0. The van der Waals surface area contributed by atoms with Gasteiger partial charge in [0.1, 0.15) is 5.82 Å². The highest BCUT2D eigenvalue weighted by Crippen LogP contribution is 2.37. The van der Waals surface area contributed by atoms with E-state index in [1.807, 2.05) is 37.1 Å². The molecule has 1 amide bonds. The average molecular weight is 381 g/mol. The van der Waals surface area contributed by atoms with Gasteiger partial charge < -0.3 is 10.2 Å². The fourth-order valence-electron chi connectivity index (χ4n) is 3.88. The van der Waals surface area contributed by atoms with Crippen LogP contribution in [0.3, 0.4) is 0 Å². The number of nitrogens with zero attached hydrogens (tertiary/aromatic N) is 3. The van der Waals surface area contributed by atoms with Gasteiger partial charge in [-0.15, -0.1) is 0 Å². The third-order valence-electron chi connectivity index (χ3n) is 5.81. The van der Waals surface area contributed by atoms with E-state index in [0.717, 1.165) is 60.5 Å². The van der Waals surface area contributed by atoms with E-state index in [1.165, 1.54) is 0 Å². The standard InChI is InChI=1S/C23H32N4O/c1-6-18(21(24-5)26-23(4)11-12-23)20(16(2)3)22(28)27-14-10-17(15-27)19-9-7-8-13-25-19/h7-9,13,17,26H,5-6,10-12,14-15H2,1-4H3/b21-18-. The molecule has 2 fully saturated rings. The van der Waals surface area contributed by atoms with Crippen molar-refractivity contribution in [3.8, 4) is 0 Å². The highest BCUT2D eigenvalue weighted by atomic mass is 16.2. The first-order valence-electron chi connectivity index (χ1n) is 10.2. The molecule has 5 nitrogen and oxygen atoms in total. The smallest absolute Gasteiger partial charge is 0.254 e. The van der Waals surface area contributed by atoms with Crippen molar-refractivity contribution in [1.29, 1.82) is 0 Å². The van der Waals surface area contributed by atoms with Gasteiger partial charge in [-0.25, -0.2) is 4.99 Å². The normalized spacial score (nSPS) is 21.0. The molecule has 1 saturated heterocycles. The molecule has 150 valence electrons. The topological polar surface area (TPSA) is 57.6 Å². The molecule has 28 heavy (non-hydrogen) atoms. The summed E-state index contributed by atoms with van der Waals surface area (Å²) in [5.41, 5.74) is 3.93. The number of carbonyl (C=O) groups is 1. The molecule has 1 atom stereocenters. The van der Waals surface area contributed by atoms with Gasteiger partial charge in [-0.2, -0.15) is 0 Å². The van der Waals surface area contributed by atoms with Crippen molar-refractivity contribution < 1.29 is 4.79 Å². The van der Waals surface area contributed by atoms with Gasteiger partial charge >= 0.3 is 0 Å².